The summed E-state index contributed by atoms with van der Waals surface area (Å²) in [5, 5.41) is 14.3. The van der Waals surface area contributed by atoms with Gasteiger partial charge in [0.1, 0.15) is 11.5 Å². The van der Waals surface area contributed by atoms with Gasteiger partial charge >= 0.3 is 0 Å². The number of amides is 2. The van der Waals surface area contributed by atoms with E-state index in [0.29, 0.717) is 40.4 Å². The standard InChI is InChI=1S/C27H27N3O6/c1-17-22(8-6-9-23(17)30(33)34)28-27(32)21-15-16-25(31)29(18-11-13-19(35-2)14-12-18)26(21)20-7-4-5-10-24(20)36-3/h4-14,21,26H,15-16H2,1-3H3,(H,28,32). The molecule has 3 aromatic rings. The summed E-state index contributed by atoms with van der Waals surface area (Å²) in [6.45, 7) is 1.60. The van der Waals surface area contributed by atoms with Crippen molar-refractivity contribution in [2.75, 3.05) is 24.4 Å². The molecule has 1 fully saturated rings. The summed E-state index contributed by atoms with van der Waals surface area (Å²) in [7, 11) is 3.11. The lowest BCUT2D eigenvalue weighted by atomic mass is 9.82. The number of hydrogen-bond donors (Lipinski definition) is 1. The van der Waals surface area contributed by atoms with Crippen LogP contribution in [-0.4, -0.2) is 31.0 Å². The first-order valence-corrected chi connectivity index (χ1v) is 11.5. The molecular weight excluding hydrogens is 462 g/mol. The Morgan fingerprint density at radius 3 is 2.42 bits per heavy atom. The van der Waals surface area contributed by atoms with Gasteiger partial charge in [-0.15, -0.1) is 0 Å². The molecule has 0 saturated carbocycles. The third-order valence-electron chi connectivity index (χ3n) is 6.50. The van der Waals surface area contributed by atoms with Crippen molar-refractivity contribution < 1.29 is 24.0 Å². The van der Waals surface area contributed by atoms with E-state index in [1.165, 1.54) is 12.1 Å². The summed E-state index contributed by atoms with van der Waals surface area (Å²) < 4.78 is 10.9. The first-order chi connectivity index (χ1) is 17.3. The maximum atomic E-state index is 13.7. The largest absolute Gasteiger partial charge is 0.497 e. The fraction of sp³-hybridized carbons (Fsp3) is 0.259. The molecule has 2 amide bonds. The van der Waals surface area contributed by atoms with Crippen molar-refractivity contribution in [3.05, 3.63) is 88.0 Å². The van der Waals surface area contributed by atoms with Crippen LogP contribution in [0.15, 0.2) is 66.7 Å². The predicted molar refractivity (Wildman–Crippen MR) is 135 cm³/mol. The number of nitrogens with one attached hydrogen (secondary N) is 1. The average Bonchev–Trinajstić information content (AvgIpc) is 2.89. The molecule has 1 N–H and O–H groups in total. The van der Waals surface area contributed by atoms with Gasteiger partial charge in [-0.1, -0.05) is 24.3 Å². The molecule has 0 spiro atoms. The van der Waals surface area contributed by atoms with Crippen LogP contribution in [0.2, 0.25) is 0 Å². The molecule has 0 bridgehead atoms. The van der Waals surface area contributed by atoms with Gasteiger partial charge in [0, 0.05) is 23.7 Å². The van der Waals surface area contributed by atoms with Crippen LogP contribution in [-0.2, 0) is 9.59 Å². The van der Waals surface area contributed by atoms with Gasteiger partial charge in [0.05, 0.1) is 42.4 Å². The van der Waals surface area contributed by atoms with Gasteiger partial charge in [-0.05, 0) is 49.7 Å². The lowest BCUT2D eigenvalue weighted by Gasteiger charge is -2.41. The lowest BCUT2D eigenvalue weighted by molar-refractivity contribution is -0.385. The van der Waals surface area contributed by atoms with Crippen LogP contribution in [0.5, 0.6) is 11.5 Å². The molecule has 2 unspecified atom stereocenters. The number of hydrogen-bond acceptors (Lipinski definition) is 6. The normalized spacial score (nSPS) is 17.4. The van der Waals surface area contributed by atoms with E-state index in [1.807, 2.05) is 18.2 Å². The summed E-state index contributed by atoms with van der Waals surface area (Å²) >= 11 is 0. The van der Waals surface area contributed by atoms with Gasteiger partial charge in [-0.3, -0.25) is 19.7 Å². The fourth-order valence-corrected chi connectivity index (χ4v) is 4.66. The molecule has 1 heterocycles. The summed E-state index contributed by atoms with van der Waals surface area (Å²) in [6, 6.07) is 18.3. The topological polar surface area (TPSA) is 111 Å². The van der Waals surface area contributed by atoms with Crippen LogP contribution in [0, 0.1) is 23.0 Å². The number of anilines is 2. The molecule has 9 nitrogen and oxygen atoms in total. The molecule has 186 valence electrons. The second-order valence-electron chi connectivity index (χ2n) is 8.49. The Morgan fingerprint density at radius 2 is 1.75 bits per heavy atom. The fourth-order valence-electron chi connectivity index (χ4n) is 4.66. The van der Waals surface area contributed by atoms with Gasteiger partial charge in [0.2, 0.25) is 11.8 Å². The Labute approximate surface area is 208 Å². The number of rotatable bonds is 7. The van der Waals surface area contributed by atoms with Crippen LogP contribution in [0.25, 0.3) is 0 Å². The summed E-state index contributed by atoms with van der Waals surface area (Å²) in [4.78, 5) is 39.5. The van der Waals surface area contributed by atoms with Gasteiger partial charge in [-0.2, -0.15) is 0 Å². The Morgan fingerprint density at radius 1 is 1.03 bits per heavy atom. The number of benzene rings is 3. The summed E-state index contributed by atoms with van der Waals surface area (Å²) in [5.41, 5.74) is 1.97. The molecule has 2 atom stereocenters. The first kappa shape index (κ1) is 24.7. The van der Waals surface area contributed by atoms with Crippen LogP contribution < -0.4 is 19.7 Å². The number of piperidine rings is 1. The number of carbonyl (C=O) groups is 2. The zero-order valence-corrected chi connectivity index (χ0v) is 20.3. The molecule has 0 radical (unpaired) electrons. The van der Waals surface area contributed by atoms with Crippen molar-refractivity contribution >= 4 is 28.9 Å². The smallest absolute Gasteiger partial charge is 0.274 e. The second kappa shape index (κ2) is 10.5. The van der Waals surface area contributed by atoms with E-state index in [4.69, 9.17) is 9.47 Å². The number of nitro benzene ring substituents is 1. The molecule has 0 aliphatic carbocycles. The zero-order chi connectivity index (χ0) is 25.8. The third-order valence-corrected chi connectivity index (χ3v) is 6.50. The number of methoxy groups -OCH3 is 2. The van der Waals surface area contributed by atoms with E-state index in [9.17, 15) is 19.7 Å². The third kappa shape index (κ3) is 4.72. The molecule has 1 aliphatic rings. The summed E-state index contributed by atoms with van der Waals surface area (Å²) in [5.74, 6) is 0.111. The highest BCUT2D eigenvalue weighted by molar-refractivity contribution is 6.00. The van der Waals surface area contributed by atoms with Crippen LogP contribution >= 0.6 is 0 Å². The highest BCUT2D eigenvalue weighted by Gasteiger charge is 2.42. The Hall–Kier alpha value is -4.40. The minimum atomic E-state index is -0.658. The molecule has 1 aliphatic heterocycles. The number of nitrogens with zero attached hydrogens (tertiary/aromatic N) is 2. The maximum Gasteiger partial charge on any atom is 0.274 e. The molecular formula is C27H27N3O6. The van der Waals surface area contributed by atoms with Crippen LogP contribution in [0.4, 0.5) is 17.1 Å². The van der Waals surface area contributed by atoms with Crippen molar-refractivity contribution in [1.82, 2.24) is 0 Å². The number of para-hydroxylation sites is 1. The maximum absolute atomic E-state index is 13.7. The molecule has 1 saturated heterocycles. The molecule has 4 rings (SSSR count). The van der Waals surface area contributed by atoms with E-state index in [-0.39, 0.29) is 23.9 Å². The first-order valence-electron chi connectivity index (χ1n) is 11.5. The van der Waals surface area contributed by atoms with E-state index in [0.717, 1.165) is 0 Å². The quantitative estimate of drug-likeness (QED) is 0.368. The van der Waals surface area contributed by atoms with Gasteiger partial charge < -0.3 is 19.7 Å². The Bertz CT molecular complexity index is 1290. The second-order valence-corrected chi connectivity index (χ2v) is 8.49. The highest BCUT2D eigenvalue weighted by atomic mass is 16.6. The molecule has 3 aromatic carbocycles. The van der Waals surface area contributed by atoms with Crippen LogP contribution in [0.1, 0.15) is 30.0 Å². The van der Waals surface area contributed by atoms with E-state index in [1.54, 1.807) is 62.4 Å². The lowest BCUT2D eigenvalue weighted by Crippen LogP contribution is -2.47. The van der Waals surface area contributed by atoms with Crippen molar-refractivity contribution in [2.45, 2.75) is 25.8 Å². The monoisotopic (exact) mass is 489 g/mol. The van der Waals surface area contributed by atoms with Crippen LogP contribution in [0.3, 0.4) is 0 Å². The Kier molecular flexibility index (Phi) is 7.19. The van der Waals surface area contributed by atoms with Crippen molar-refractivity contribution in [2.24, 2.45) is 5.92 Å². The van der Waals surface area contributed by atoms with Crippen molar-refractivity contribution in [3.63, 3.8) is 0 Å². The number of ether oxygens (including phenoxy) is 2. The number of carbonyl (C=O) groups excluding carboxylic acids is 2. The average molecular weight is 490 g/mol. The highest BCUT2D eigenvalue weighted by Crippen LogP contribution is 2.44. The van der Waals surface area contributed by atoms with E-state index >= 15 is 0 Å². The Balaban J connectivity index is 1.78. The minimum Gasteiger partial charge on any atom is -0.497 e. The van der Waals surface area contributed by atoms with Crippen molar-refractivity contribution in [1.29, 1.82) is 0 Å². The number of nitro groups is 1. The zero-order valence-electron chi connectivity index (χ0n) is 20.3. The minimum absolute atomic E-state index is 0.0761. The van der Waals surface area contributed by atoms with Crippen molar-refractivity contribution in [3.8, 4) is 11.5 Å². The van der Waals surface area contributed by atoms with E-state index < -0.39 is 16.9 Å². The van der Waals surface area contributed by atoms with Gasteiger partial charge in [0.15, 0.2) is 0 Å². The summed E-state index contributed by atoms with van der Waals surface area (Å²) in [6.07, 6.45) is 0.484. The van der Waals surface area contributed by atoms with Gasteiger partial charge in [0.25, 0.3) is 5.69 Å². The molecule has 9 heteroatoms. The molecule has 0 aromatic heterocycles. The predicted octanol–water partition coefficient (Wildman–Crippen LogP) is 5.04. The molecule has 36 heavy (non-hydrogen) atoms. The van der Waals surface area contributed by atoms with E-state index in [2.05, 4.69) is 5.32 Å². The van der Waals surface area contributed by atoms with Gasteiger partial charge in [-0.25, -0.2) is 0 Å². The SMILES string of the molecule is COc1ccc(N2C(=O)CCC(C(=O)Nc3cccc([N+](=O)[O-])c3C)C2c2ccccc2OC)cc1.